The van der Waals surface area contributed by atoms with E-state index in [2.05, 4.69) is 4.98 Å². The van der Waals surface area contributed by atoms with Crippen molar-refractivity contribution in [3.05, 3.63) is 22.7 Å². The van der Waals surface area contributed by atoms with Gasteiger partial charge in [-0.15, -0.1) is 0 Å². The van der Waals surface area contributed by atoms with E-state index in [1.807, 2.05) is 0 Å². The molecule has 1 aliphatic heterocycles. The van der Waals surface area contributed by atoms with E-state index in [-0.39, 0.29) is 12.4 Å². The summed E-state index contributed by atoms with van der Waals surface area (Å²) >= 11 is 0. The number of rotatable bonds is 8. The predicted octanol–water partition coefficient (Wildman–Crippen LogP) is -0.588. The van der Waals surface area contributed by atoms with Gasteiger partial charge in [-0.3, -0.25) is 15.3 Å². The Morgan fingerprint density at radius 2 is 2.04 bits per heavy atom. The molecule has 4 atom stereocenters. The molecule has 152 valence electrons. The minimum Gasteiger partial charge on any atom is -0.461 e. The quantitative estimate of drug-likeness (QED) is 0.336. The standard InChI is InChI=1S/C16H25N3O8/c1-4-16(5-2,25-3)14(22)26-8-9-11(20)12(21)13(27-9)19-7-6-10(18-24)17-15(19)23/h6-7,9,11-13,20-21,24H,4-5,8H2,1-3H3,(H,17,18,23)/t9-,11-,12-,13-/m1/s1. The van der Waals surface area contributed by atoms with Gasteiger partial charge < -0.3 is 24.4 Å². The molecular formula is C16H25N3O8. The number of hydrogen-bond acceptors (Lipinski definition) is 10. The number of aliphatic hydroxyl groups excluding tert-OH is 2. The van der Waals surface area contributed by atoms with Crippen molar-refractivity contribution in [3.8, 4) is 0 Å². The van der Waals surface area contributed by atoms with Gasteiger partial charge in [-0.05, 0) is 18.9 Å². The van der Waals surface area contributed by atoms with Crippen LogP contribution in [0.15, 0.2) is 17.1 Å². The second-order valence-corrected chi connectivity index (χ2v) is 6.16. The van der Waals surface area contributed by atoms with Gasteiger partial charge in [0.25, 0.3) is 0 Å². The molecule has 1 aliphatic rings. The smallest absolute Gasteiger partial charge is 0.351 e. The Morgan fingerprint density at radius 3 is 2.56 bits per heavy atom. The number of esters is 1. The molecule has 1 aromatic heterocycles. The average Bonchev–Trinajstić information content (AvgIpc) is 2.96. The van der Waals surface area contributed by atoms with Crippen LogP contribution >= 0.6 is 0 Å². The first kappa shape index (κ1) is 21.3. The Labute approximate surface area is 155 Å². The van der Waals surface area contributed by atoms with Crippen LogP contribution in [0.2, 0.25) is 0 Å². The molecule has 2 rings (SSSR count). The lowest BCUT2D eigenvalue weighted by atomic mass is 9.97. The molecule has 0 bridgehead atoms. The number of anilines is 1. The molecule has 0 spiro atoms. The van der Waals surface area contributed by atoms with Crippen LogP contribution in [0.1, 0.15) is 32.9 Å². The molecule has 11 heteroatoms. The summed E-state index contributed by atoms with van der Waals surface area (Å²) < 4.78 is 17.0. The number of aromatic nitrogens is 2. The average molecular weight is 387 g/mol. The predicted molar refractivity (Wildman–Crippen MR) is 91.1 cm³/mol. The minimum absolute atomic E-state index is 0.0789. The van der Waals surface area contributed by atoms with Gasteiger partial charge >= 0.3 is 11.7 Å². The number of carbonyl (C=O) groups excluding carboxylic acids is 1. The zero-order valence-corrected chi connectivity index (χ0v) is 15.4. The van der Waals surface area contributed by atoms with Gasteiger partial charge in [-0.2, -0.15) is 4.98 Å². The van der Waals surface area contributed by atoms with E-state index in [0.29, 0.717) is 12.8 Å². The van der Waals surface area contributed by atoms with Gasteiger partial charge in [0.05, 0.1) is 0 Å². The monoisotopic (exact) mass is 387 g/mol. The maximum Gasteiger partial charge on any atom is 0.351 e. The van der Waals surface area contributed by atoms with Crippen LogP contribution in [-0.2, 0) is 19.0 Å². The summed E-state index contributed by atoms with van der Waals surface area (Å²) in [7, 11) is 1.42. The Kier molecular flexibility index (Phi) is 6.89. The molecule has 1 saturated heterocycles. The third kappa shape index (κ3) is 4.12. The van der Waals surface area contributed by atoms with Crippen LogP contribution in [0.4, 0.5) is 5.82 Å². The third-order valence-electron chi connectivity index (χ3n) is 4.84. The van der Waals surface area contributed by atoms with Gasteiger partial charge in [0.15, 0.2) is 17.6 Å². The lowest BCUT2D eigenvalue weighted by Gasteiger charge is -2.28. The fraction of sp³-hybridized carbons (Fsp3) is 0.688. The SMILES string of the molecule is CCC(CC)(OC)C(=O)OC[C@H]1O[C@@H](n2ccc(NO)nc2=O)[C@H](O)[C@@H]1O. The van der Waals surface area contributed by atoms with Crippen LogP contribution in [-0.4, -0.2) is 68.6 Å². The van der Waals surface area contributed by atoms with Gasteiger partial charge in [0.2, 0.25) is 0 Å². The fourth-order valence-electron chi connectivity index (χ4n) is 2.97. The van der Waals surface area contributed by atoms with Crippen LogP contribution in [0, 0.1) is 0 Å². The highest BCUT2D eigenvalue weighted by atomic mass is 16.6. The van der Waals surface area contributed by atoms with E-state index in [1.54, 1.807) is 19.3 Å². The highest BCUT2D eigenvalue weighted by Gasteiger charge is 2.45. The van der Waals surface area contributed by atoms with E-state index in [9.17, 15) is 19.8 Å². The van der Waals surface area contributed by atoms with Crippen LogP contribution in [0.25, 0.3) is 0 Å². The van der Waals surface area contributed by atoms with Crippen LogP contribution in [0.5, 0.6) is 0 Å². The van der Waals surface area contributed by atoms with Crippen molar-refractivity contribution < 1.29 is 34.4 Å². The molecule has 27 heavy (non-hydrogen) atoms. The van der Waals surface area contributed by atoms with Crippen molar-refractivity contribution in [3.63, 3.8) is 0 Å². The molecule has 1 aromatic rings. The number of carbonyl (C=O) groups is 1. The molecule has 0 saturated carbocycles. The summed E-state index contributed by atoms with van der Waals surface area (Å²) in [4.78, 5) is 27.9. The first-order valence-corrected chi connectivity index (χ1v) is 8.56. The molecular weight excluding hydrogens is 362 g/mol. The number of methoxy groups -OCH3 is 1. The number of nitrogens with one attached hydrogen (secondary N) is 1. The van der Waals surface area contributed by atoms with Crippen LogP contribution < -0.4 is 11.2 Å². The lowest BCUT2D eigenvalue weighted by molar-refractivity contribution is -0.175. The van der Waals surface area contributed by atoms with Crippen LogP contribution in [0.3, 0.4) is 0 Å². The third-order valence-corrected chi connectivity index (χ3v) is 4.84. The zero-order valence-electron chi connectivity index (χ0n) is 15.4. The summed E-state index contributed by atoms with van der Waals surface area (Å²) in [5, 5.41) is 29.1. The zero-order chi connectivity index (χ0) is 20.2. The van der Waals surface area contributed by atoms with E-state index >= 15 is 0 Å². The number of aliphatic hydroxyl groups is 2. The molecule has 2 heterocycles. The Hall–Kier alpha value is -2.05. The fourth-order valence-corrected chi connectivity index (χ4v) is 2.97. The molecule has 4 N–H and O–H groups in total. The molecule has 0 aliphatic carbocycles. The highest BCUT2D eigenvalue weighted by molar-refractivity contribution is 5.79. The molecule has 11 nitrogen and oxygen atoms in total. The van der Waals surface area contributed by atoms with Gasteiger partial charge in [0.1, 0.15) is 24.9 Å². The van der Waals surface area contributed by atoms with Crippen molar-refractivity contribution in [2.75, 3.05) is 19.2 Å². The van der Waals surface area contributed by atoms with E-state index in [4.69, 9.17) is 19.4 Å². The molecule has 0 radical (unpaired) electrons. The number of nitrogens with zero attached hydrogens (tertiary/aromatic N) is 2. The first-order valence-electron chi connectivity index (χ1n) is 8.56. The highest BCUT2D eigenvalue weighted by Crippen LogP contribution is 2.29. The Balaban J connectivity index is 2.09. The van der Waals surface area contributed by atoms with Gasteiger partial charge in [-0.25, -0.2) is 9.59 Å². The molecule has 0 amide bonds. The van der Waals surface area contributed by atoms with Gasteiger partial charge in [0, 0.05) is 13.3 Å². The summed E-state index contributed by atoms with van der Waals surface area (Å²) in [5.74, 6) is -0.675. The minimum atomic E-state index is -1.44. The molecule has 0 unspecified atom stereocenters. The van der Waals surface area contributed by atoms with E-state index in [0.717, 1.165) is 4.57 Å². The first-order chi connectivity index (χ1) is 12.8. The Bertz CT molecular complexity index is 697. The normalized spacial score (nSPS) is 25.4. The molecule has 1 fully saturated rings. The molecule has 0 aromatic carbocycles. The van der Waals surface area contributed by atoms with E-state index in [1.165, 1.54) is 19.4 Å². The summed E-state index contributed by atoms with van der Waals surface area (Å²) in [5.41, 5.74) is -0.164. The van der Waals surface area contributed by atoms with E-state index < -0.39 is 41.8 Å². The van der Waals surface area contributed by atoms with Crippen molar-refractivity contribution in [2.24, 2.45) is 0 Å². The second-order valence-electron chi connectivity index (χ2n) is 6.16. The number of hydrogen-bond donors (Lipinski definition) is 4. The largest absolute Gasteiger partial charge is 0.461 e. The topological polar surface area (TPSA) is 152 Å². The Morgan fingerprint density at radius 1 is 1.37 bits per heavy atom. The maximum atomic E-state index is 12.3. The van der Waals surface area contributed by atoms with Gasteiger partial charge in [-0.1, -0.05) is 13.8 Å². The summed E-state index contributed by atoms with van der Waals surface area (Å²) in [6, 6.07) is 1.28. The van der Waals surface area contributed by atoms with Crippen molar-refractivity contribution in [1.82, 2.24) is 9.55 Å². The number of ether oxygens (including phenoxy) is 3. The van der Waals surface area contributed by atoms with Crippen molar-refractivity contribution in [1.29, 1.82) is 0 Å². The second kappa shape index (κ2) is 8.76. The lowest BCUT2D eigenvalue weighted by Crippen LogP contribution is -2.43. The summed E-state index contributed by atoms with van der Waals surface area (Å²) in [6.45, 7) is 3.26. The summed E-state index contributed by atoms with van der Waals surface area (Å²) in [6.07, 6.45) is -3.03. The van der Waals surface area contributed by atoms with Crippen molar-refractivity contribution >= 4 is 11.8 Å². The maximum absolute atomic E-state index is 12.3. The van der Waals surface area contributed by atoms with Crippen molar-refractivity contribution in [2.45, 2.75) is 56.8 Å².